The van der Waals surface area contributed by atoms with Crippen molar-refractivity contribution in [1.82, 2.24) is 10.2 Å². The van der Waals surface area contributed by atoms with E-state index in [-0.39, 0.29) is 12.1 Å². The van der Waals surface area contributed by atoms with Gasteiger partial charge in [0.2, 0.25) is 0 Å². The lowest BCUT2D eigenvalue weighted by molar-refractivity contribution is 0.149. The van der Waals surface area contributed by atoms with Gasteiger partial charge in [-0.3, -0.25) is 4.90 Å². The molecule has 1 unspecified atom stereocenters. The normalized spacial score (nSPS) is 17.3. The van der Waals surface area contributed by atoms with Crippen LogP contribution in [0.1, 0.15) is 39.7 Å². The predicted molar refractivity (Wildman–Crippen MR) is 118 cm³/mol. The van der Waals surface area contributed by atoms with E-state index in [0.29, 0.717) is 6.61 Å². The van der Waals surface area contributed by atoms with Crippen molar-refractivity contribution in [1.29, 1.82) is 0 Å². The Morgan fingerprint density at radius 3 is 2.35 bits per heavy atom. The minimum absolute atomic E-state index is 0.207. The molecular formula is C21H40N2O2S. The third kappa shape index (κ3) is 11.4. The summed E-state index contributed by atoms with van der Waals surface area (Å²) < 4.78 is 5.29. The molecule has 1 atom stereocenters. The molecule has 1 aromatic rings. The van der Waals surface area contributed by atoms with Crippen molar-refractivity contribution in [2.24, 2.45) is 0 Å². The minimum atomic E-state index is -0.604. The molecular weight excluding hydrogens is 344 g/mol. The molecule has 1 amide bonds. The van der Waals surface area contributed by atoms with Gasteiger partial charge >= 0.3 is 6.09 Å². The number of amides is 1. The summed E-state index contributed by atoms with van der Waals surface area (Å²) in [6.07, 6.45) is 7.41. The molecule has 4 nitrogen and oxygen atoms in total. The van der Waals surface area contributed by atoms with Gasteiger partial charge in [0.25, 0.3) is 0 Å². The molecule has 0 spiro atoms. The van der Waals surface area contributed by atoms with Gasteiger partial charge in [-0.05, 0) is 30.8 Å². The Balaban J connectivity index is 0.00000146. The lowest BCUT2D eigenvalue weighted by Gasteiger charge is -2.24. The summed E-state index contributed by atoms with van der Waals surface area (Å²) in [7, 11) is -0.604. The van der Waals surface area contributed by atoms with Gasteiger partial charge in [-0.2, -0.15) is 0 Å². The second-order valence-electron chi connectivity index (χ2n) is 6.78. The fourth-order valence-electron chi connectivity index (χ4n) is 2.53. The molecule has 1 saturated heterocycles. The molecule has 0 bridgehead atoms. The zero-order chi connectivity index (χ0) is 20.0. The van der Waals surface area contributed by atoms with Crippen molar-refractivity contribution in [3.05, 3.63) is 35.9 Å². The maximum Gasteiger partial charge on any atom is 0.407 e. The van der Waals surface area contributed by atoms with Crippen LogP contribution in [0.4, 0.5) is 4.79 Å². The van der Waals surface area contributed by atoms with E-state index in [1.807, 2.05) is 33.8 Å². The van der Waals surface area contributed by atoms with Gasteiger partial charge in [0.15, 0.2) is 0 Å². The number of ether oxygens (including phenoxy) is 1. The first-order chi connectivity index (χ1) is 12.4. The van der Waals surface area contributed by atoms with E-state index < -0.39 is 10.0 Å². The van der Waals surface area contributed by atoms with Crippen LogP contribution in [0, 0.1) is 0 Å². The fourth-order valence-corrected chi connectivity index (χ4v) is 3.11. The van der Waals surface area contributed by atoms with Crippen molar-refractivity contribution >= 4 is 16.1 Å². The third-order valence-electron chi connectivity index (χ3n) is 3.77. The summed E-state index contributed by atoms with van der Waals surface area (Å²) in [6.45, 7) is 11.4. The average Bonchev–Trinajstić information content (AvgIpc) is 3.05. The van der Waals surface area contributed by atoms with Crippen LogP contribution in [-0.2, 0) is 11.3 Å². The topological polar surface area (TPSA) is 41.6 Å². The van der Waals surface area contributed by atoms with Gasteiger partial charge < -0.3 is 10.1 Å². The molecule has 152 valence electrons. The number of nitrogens with zero attached hydrogens (tertiary/aromatic N) is 1. The Morgan fingerprint density at radius 2 is 1.77 bits per heavy atom. The number of hydrogen-bond acceptors (Lipinski definition) is 3. The average molecular weight is 385 g/mol. The second kappa shape index (κ2) is 13.9. The number of likely N-dealkylation sites (tertiary alicyclic amines) is 1. The summed E-state index contributed by atoms with van der Waals surface area (Å²) in [4.78, 5) is 14.2. The molecule has 1 aliphatic heterocycles. The summed E-state index contributed by atoms with van der Waals surface area (Å²) in [5.41, 5.74) is 1.32. The number of nitrogens with one attached hydrogen (secondary N) is 1. The Bertz CT molecular complexity index is 475. The molecule has 26 heavy (non-hydrogen) atoms. The van der Waals surface area contributed by atoms with E-state index in [2.05, 4.69) is 53.2 Å². The first kappa shape index (κ1) is 24.8. The van der Waals surface area contributed by atoms with Crippen LogP contribution in [-0.4, -0.2) is 61.3 Å². The van der Waals surface area contributed by atoms with Crippen LogP contribution < -0.4 is 5.32 Å². The van der Waals surface area contributed by atoms with Gasteiger partial charge in [-0.15, -0.1) is 0 Å². The molecule has 2 rings (SSSR count). The van der Waals surface area contributed by atoms with Crippen molar-refractivity contribution < 1.29 is 9.53 Å². The smallest absolute Gasteiger partial charge is 0.407 e. The van der Waals surface area contributed by atoms with Gasteiger partial charge in [0, 0.05) is 31.4 Å². The zero-order valence-electron chi connectivity index (χ0n) is 17.9. The van der Waals surface area contributed by atoms with E-state index in [0.717, 1.165) is 31.8 Å². The zero-order valence-corrected chi connectivity index (χ0v) is 18.7. The third-order valence-corrected chi connectivity index (χ3v) is 5.16. The van der Waals surface area contributed by atoms with Crippen molar-refractivity contribution in [3.8, 4) is 0 Å². The quantitative estimate of drug-likeness (QED) is 0.770. The van der Waals surface area contributed by atoms with E-state index in [1.54, 1.807) is 0 Å². The van der Waals surface area contributed by atoms with E-state index in [9.17, 15) is 4.79 Å². The lowest BCUT2D eigenvalue weighted by atomic mass is 10.2. The molecule has 0 radical (unpaired) electrons. The molecule has 1 heterocycles. The Morgan fingerprint density at radius 1 is 1.15 bits per heavy atom. The Kier molecular flexibility index (Phi) is 13.3. The predicted octanol–water partition coefficient (Wildman–Crippen LogP) is 4.73. The SMILES string of the molecule is CC.CC.CS(C)(C)CCOC(=O)NC1CCN(Cc2ccccc2)C1. The molecule has 1 aromatic carbocycles. The van der Waals surface area contributed by atoms with Gasteiger partial charge in [-0.25, -0.2) is 14.8 Å². The standard InChI is InChI=1S/C17H28N2O2S.2C2H6/c1-22(2,3)12-11-21-17(20)18-16-9-10-19(14-16)13-15-7-5-4-6-8-15;2*1-2/h4-8,16H,9-14H2,1-3H3,(H,18,20);2*1-2H3. The Labute approximate surface area is 163 Å². The van der Waals surface area contributed by atoms with Crippen LogP contribution in [0.3, 0.4) is 0 Å². The monoisotopic (exact) mass is 384 g/mol. The minimum Gasteiger partial charge on any atom is -0.449 e. The number of alkyl carbamates (subject to hydrolysis) is 1. The Hall–Kier alpha value is -1.20. The van der Waals surface area contributed by atoms with Crippen LogP contribution in [0.5, 0.6) is 0 Å². The highest BCUT2D eigenvalue weighted by molar-refractivity contribution is 8.32. The molecule has 0 saturated carbocycles. The number of carbonyl (C=O) groups is 1. The van der Waals surface area contributed by atoms with Crippen molar-refractivity contribution in [2.45, 2.75) is 46.7 Å². The summed E-state index contributed by atoms with van der Waals surface area (Å²) >= 11 is 0. The summed E-state index contributed by atoms with van der Waals surface area (Å²) in [5.74, 6) is 0.964. The van der Waals surface area contributed by atoms with Crippen LogP contribution in [0.25, 0.3) is 0 Å². The van der Waals surface area contributed by atoms with E-state index >= 15 is 0 Å². The summed E-state index contributed by atoms with van der Waals surface area (Å²) in [5, 5.41) is 2.99. The maximum atomic E-state index is 11.8. The lowest BCUT2D eigenvalue weighted by Crippen LogP contribution is -2.37. The largest absolute Gasteiger partial charge is 0.449 e. The number of rotatable bonds is 6. The molecule has 0 aromatic heterocycles. The first-order valence-corrected chi connectivity index (χ1v) is 12.8. The van der Waals surface area contributed by atoms with Gasteiger partial charge in [-0.1, -0.05) is 58.0 Å². The van der Waals surface area contributed by atoms with E-state index in [1.165, 1.54) is 5.56 Å². The highest BCUT2D eigenvalue weighted by Crippen LogP contribution is 2.33. The van der Waals surface area contributed by atoms with Crippen molar-refractivity contribution in [3.63, 3.8) is 0 Å². The highest BCUT2D eigenvalue weighted by atomic mass is 32.3. The molecule has 1 N–H and O–H groups in total. The van der Waals surface area contributed by atoms with Gasteiger partial charge in [0.1, 0.15) is 6.61 Å². The molecule has 5 heteroatoms. The maximum absolute atomic E-state index is 11.8. The molecule has 0 aliphatic carbocycles. The number of hydrogen-bond donors (Lipinski definition) is 1. The van der Waals surface area contributed by atoms with Crippen LogP contribution >= 0.6 is 10.0 Å². The number of carbonyl (C=O) groups excluding carboxylic acids is 1. The first-order valence-electron chi connectivity index (χ1n) is 9.78. The second-order valence-corrected chi connectivity index (χ2v) is 11.4. The van der Waals surface area contributed by atoms with E-state index in [4.69, 9.17) is 4.74 Å². The highest BCUT2D eigenvalue weighted by Gasteiger charge is 2.24. The number of benzene rings is 1. The molecule has 1 fully saturated rings. The van der Waals surface area contributed by atoms with Crippen LogP contribution in [0.2, 0.25) is 0 Å². The molecule has 1 aliphatic rings. The van der Waals surface area contributed by atoms with Crippen LogP contribution in [0.15, 0.2) is 30.3 Å². The van der Waals surface area contributed by atoms with Crippen molar-refractivity contribution in [2.75, 3.05) is 44.2 Å². The van der Waals surface area contributed by atoms with Gasteiger partial charge in [0.05, 0.1) is 0 Å². The fraction of sp³-hybridized carbons (Fsp3) is 0.667. The summed E-state index contributed by atoms with van der Waals surface area (Å²) in [6, 6.07) is 10.7.